The molecule has 19 heavy (non-hydrogen) atoms. The van der Waals surface area contributed by atoms with Gasteiger partial charge in [0, 0.05) is 30.4 Å². The smallest absolute Gasteiger partial charge is 0.0438 e. The molecule has 0 bridgehead atoms. The second-order valence-electron chi connectivity index (χ2n) is 6.52. The van der Waals surface area contributed by atoms with Crippen LogP contribution in [-0.2, 0) is 0 Å². The van der Waals surface area contributed by atoms with Crippen LogP contribution in [0.5, 0.6) is 0 Å². The Morgan fingerprint density at radius 1 is 1.37 bits per heavy atom. The van der Waals surface area contributed by atoms with Crippen molar-refractivity contribution in [1.82, 2.24) is 5.32 Å². The normalized spacial score (nSPS) is 27.9. The number of aryl methyl sites for hydroxylation is 1. The summed E-state index contributed by atoms with van der Waals surface area (Å²) in [6, 6.07) is 9.36. The van der Waals surface area contributed by atoms with Gasteiger partial charge in [0.15, 0.2) is 0 Å². The van der Waals surface area contributed by atoms with Crippen molar-refractivity contribution >= 4 is 5.69 Å². The van der Waals surface area contributed by atoms with E-state index < -0.39 is 0 Å². The average Bonchev–Trinajstić information content (AvgIpc) is 2.39. The first-order chi connectivity index (χ1) is 8.97. The fourth-order valence-corrected chi connectivity index (χ4v) is 2.99. The number of para-hydroxylation sites is 1. The second kappa shape index (κ2) is 5.54. The molecule has 1 heterocycles. The maximum Gasteiger partial charge on any atom is 0.0438 e. The van der Waals surface area contributed by atoms with Gasteiger partial charge in [-0.1, -0.05) is 39.0 Å². The molecule has 106 valence electrons. The number of hydrogen-bond acceptors (Lipinski definition) is 2. The van der Waals surface area contributed by atoms with Gasteiger partial charge in [0.25, 0.3) is 0 Å². The van der Waals surface area contributed by atoms with Gasteiger partial charge >= 0.3 is 0 Å². The first-order valence-electron chi connectivity index (χ1n) is 7.54. The highest BCUT2D eigenvalue weighted by atomic mass is 15.3. The molecule has 1 fully saturated rings. The van der Waals surface area contributed by atoms with Crippen LogP contribution < -0.4 is 10.2 Å². The lowest BCUT2D eigenvalue weighted by Gasteiger charge is -2.49. The second-order valence-corrected chi connectivity index (χ2v) is 6.52. The molecule has 1 aromatic rings. The van der Waals surface area contributed by atoms with E-state index in [2.05, 4.69) is 69.1 Å². The zero-order chi connectivity index (χ0) is 14.0. The third kappa shape index (κ3) is 2.94. The molecule has 1 aliphatic heterocycles. The van der Waals surface area contributed by atoms with E-state index in [1.165, 1.54) is 17.7 Å². The molecule has 2 rings (SSSR count). The van der Waals surface area contributed by atoms with E-state index in [-0.39, 0.29) is 5.54 Å². The predicted octanol–water partition coefficient (Wildman–Crippen LogP) is 3.60. The molecule has 0 radical (unpaired) electrons. The molecule has 2 heteroatoms. The predicted molar refractivity (Wildman–Crippen MR) is 83.8 cm³/mol. The third-order valence-electron chi connectivity index (χ3n) is 4.63. The third-order valence-corrected chi connectivity index (χ3v) is 4.63. The summed E-state index contributed by atoms with van der Waals surface area (Å²) in [5, 5.41) is 3.75. The molecule has 0 spiro atoms. The lowest BCUT2D eigenvalue weighted by molar-refractivity contribution is 0.253. The Morgan fingerprint density at radius 2 is 2.05 bits per heavy atom. The molecule has 1 saturated heterocycles. The Kier molecular flexibility index (Phi) is 4.19. The monoisotopic (exact) mass is 260 g/mol. The standard InChI is InChI=1S/C17H28N2/c1-6-17(5)12-19(16(11-18-17)13(2)3)15-10-8-7-9-14(15)4/h7-10,13,16,18H,6,11-12H2,1-5H3. The molecule has 1 N–H and O–H groups in total. The van der Waals surface area contributed by atoms with Crippen LogP contribution in [0, 0.1) is 12.8 Å². The van der Waals surface area contributed by atoms with Crippen molar-refractivity contribution in [2.75, 3.05) is 18.0 Å². The summed E-state index contributed by atoms with van der Waals surface area (Å²) in [6.45, 7) is 13.7. The van der Waals surface area contributed by atoms with Crippen molar-refractivity contribution in [3.8, 4) is 0 Å². The summed E-state index contributed by atoms with van der Waals surface area (Å²) in [4.78, 5) is 2.62. The minimum atomic E-state index is 0.230. The summed E-state index contributed by atoms with van der Waals surface area (Å²) >= 11 is 0. The average molecular weight is 260 g/mol. The van der Waals surface area contributed by atoms with Crippen LogP contribution in [0.2, 0.25) is 0 Å². The van der Waals surface area contributed by atoms with Crippen molar-refractivity contribution in [2.24, 2.45) is 5.92 Å². The van der Waals surface area contributed by atoms with Gasteiger partial charge in [0.2, 0.25) is 0 Å². The van der Waals surface area contributed by atoms with Crippen molar-refractivity contribution in [3.63, 3.8) is 0 Å². The number of nitrogens with one attached hydrogen (secondary N) is 1. The fraction of sp³-hybridized carbons (Fsp3) is 0.647. The number of nitrogens with zero attached hydrogens (tertiary/aromatic N) is 1. The van der Waals surface area contributed by atoms with Gasteiger partial charge in [-0.05, 0) is 37.8 Å². The minimum absolute atomic E-state index is 0.230. The van der Waals surface area contributed by atoms with Crippen LogP contribution in [0.1, 0.15) is 39.7 Å². The zero-order valence-corrected chi connectivity index (χ0v) is 13.0. The number of benzene rings is 1. The highest BCUT2D eigenvalue weighted by Crippen LogP contribution is 2.30. The van der Waals surface area contributed by atoms with E-state index in [1.807, 2.05) is 0 Å². The van der Waals surface area contributed by atoms with E-state index >= 15 is 0 Å². The summed E-state index contributed by atoms with van der Waals surface area (Å²) < 4.78 is 0. The Hall–Kier alpha value is -1.02. The summed E-state index contributed by atoms with van der Waals surface area (Å²) in [5.74, 6) is 0.661. The maximum absolute atomic E-state index is 3.75. The van der Waals surface area contributed by atoms with Crippen LogP contribution in [-0.4, -0.2) is 24.7 Å². The van der Waals surface area contributed by atoms with Crippen molar-refractivity contribution in [3.05, 3.63) is 29.8 Å². The quantitative estimate of drug-likeness (QED) is 0.893. The van der Waals surface area contributed by atoms with Crippen LogP contribution in [0.25, 0.3) is 0 Å². The van der Waals surface area contributed by atoms with Gasteiger partial charge < -0.3 is 10.2 Å². The van der Waals surface area contributed by atoms with E-state index in [0.717, 1.165) is 13.1 Å². The molecule has 2 unspecified atom stereocenters. The Balaban J connectivity index is 2.33. The summed E-state index contributed by atoms with van der Waals surface area (Å²) in [7, 11) is 0. The molecule has 0 aromatic heterocycles. The van der Waals surface area contributed by atoms with Gasteiger partial charge in [-0.2, -0.15) is 0 Å². The van der Waals surface area contributed by atoms with E-state index in [0.29, 0.717) is 12.0 Å². The molecular weight excluding hydrogens is 232 g/mol. The van der Waals surface area contributed by atoms with E-state index in [9.17, 15) is 0 Å². The van der Waals surface area contributed by atoms with Gasteiger partial charge in [0.05, 0.1) is 0 Å². The van der Waals surface area contributed by atoms with Gasteiger partial charge in [-0.15, -0.1) is 0 Å². The van der Waals surface area contributed by atoms with Crippen LogP contribution >= 0.6 is 0 Å². The summed E-state index contributed by atoms with van der Waals surface area (Å²) in [5.41, 5.74) is 3.02. The zero-order valence-electron chi connectivity index (χ0n) is 13.0. The molecule has 0 aliphatic carbocycles. The number of anilines is 1. The molecule has 2 nitrogen and oxygen atoms in total. The van der Waals surface area contributed by atoms with Crippen molar-refractivity contribution in [2.45, 2.75) is 52.6 Å². The van der Waals surface area contributed by atoms with Crippen LogP contribution in [0.15, 0.2) is 24.3 Å². The van der Waals surface area contributed by atoms with Gasteiger partial charge in [0.1, 0.15) is 0 Å². The van der Waals surface area contributed by atoms with E-state index in [1.54, 1.807) is 0 Å². The van der Waals surface area contributed by atoms with Crippen LogP contribution in [0.3, 0.4) is 0 Å². The Labute approximate surface area is 118 Å². The number of piperazine rings is 1. The SMILES string of the molecule is CCC1(C)CN(c2ccccc2C)C(C(C)C)CN1. The first kappa shape index (κ1) is 14.4. The highest BCUT2D eigenvalue weighted by molar-refractivity contribution is 5.55. The summed E-state index contributed by atoms with van der Waals surface area (Å²) in [6.07, 6.45) is 1.17. The maximum atomic E-state index is 3.75. The molecule has 0 amide bonds. The van der Waals surface area contributed by atoms with Gasteiger partial charge in [-0.25, -0.2) is 0 Å². The van der Waals surface area contributed by atoms with Gasteiger partial charge in [-0.3, -0.25) is 0 Å². The lowest BCUT2D eigenvalue weighted by Crippen LogP contribution is -2.64. The minimum Gasteiger partial charge on any atom is -0.365 e. The molecule has 1 aromatic carbocycles. The first-order valence-corrected chi connectivity index (χ1v) is 7.54. The molecular formula is C17H28N2. The highest BCUT2D eigenvalue weighted by Gasteiger charge is 2.36. The number of hydrogen-bond donors (Lipinski definition) is 1. The lowest BCUT2D eigenvalue weighted by atomic mass is 9.89. The van der Waals surface area contributed by atoms with Crippen LogP contribution in [0.4, 0.5) is 5.69 Å². The molecule has 2 atom stereocenters. The Morgan fingerprint density at radius 3 is 2.63 bits per heavy atom. The number of rotatable bonds is 3. The largest absolute Gasteiger partial charge is 0.365 e. The fourth-order valence-electron chi connectivity index (χ4n) is 2.99. The van der Waals surface area contributed by atoms with Crippen molar-refractivity contribution in [1.29, 1.82) is 0 Å². The molecule has 1 aliphatic rings. The molecule has 0 saturated carbocycles. The van der Waals surface area contributed by atoms with Crippen molar-refractivity contribution < 1.29 is 0 Å². The van der Waals surface area contributed by atoms with E-state index in [4.69, 9.17) is 0 Å². The Bertz CT molecular complexity index is 427. The topological polar surface area (TPSA) is 15.3 Å².